The van der Waals surface area contributed by atoms with Crippen molar-refractivity contribution in [3.8, 4) is 17.0 Å². The monoisotopic (exact) mass is 382 g/mol. The maximum atomic E-state index is 12.5. The minimum absolute atomic E-state index is 0.0144. The molecule has 0 aliphatic carbocycles. The van der Waals surface area contributed by atoms with E-state index in [-0.39, 0.29) is 12.5 Å². The first-order chi connectivity index (χ1) is 13.8. The van der Waals surface area contributed by atoms with Gasteiger partial charge < -0.3 is 15.0 Å². The molecule has 2 aliphatic heterocycles. The summed E-state index contributed by atoms with van der Waals surface area (Å²) < 4.78 is 7.56. The summed E-state index contributed by atoms with van der Waals surface area (Å²) in [5.74, 6) is 0.865. The predicted molar refractivity (Wildman–Crippen MR) is 109 cm³/mol. The number of nitrogens with zero attached hydrogens (tertiary/aromatic N) is 3. The van der Waals surface area contributed by atoms with Gasteiger partial charge in [-0.2, -0.15) is 5.10 Å². The van der Waals surface area contributed by atoms with Crippen LogP contribution in [0.15, 0.2) is 30.5 Å². The largest absolute Gasteiger partial charge is 0.488 e. The molecular formula is C22H30N4O2. The van der Waals surface area contributed by atoms with Crippen LogP contribution in [0.4, 0.5) is 0 Å². The van der Waals surface area contributed by atoms with Crippen LogP contribution in [0, 0.1) is 0 Å². The Labute approximate surface area is 166 Å². The number of fused-ring (bicyclic) bond motifs is 3. The molecule has 150 valence electrons. The van der Waals surface area contributed by atoms with Gasteiger partial charge in [0.25, 0.3) is 0 Å². The molecule has 1 atom stereocenters. The molecule has 1 N–H and O–H groups in total. The van der Waals surface area contributed by atoms with Gasteiger partial charge in [0.1, 0.15) is 18.9 Å². The minimum Gasteiger partial charge on any atom is -0.488 e. The van der Waals surface area contributed by atoms with Crippen LogP contribution in [-0.4, -0.2) is 46.3 Å². The first-order valence-corrected chi connectivity index (χ1v) is 10.5. The lowest BCUT2D eigenvalue weighted by Crippen LogP contribution is -2.40. The summed E-state index contributed by atoms with van der Waals surface area (Å²) in [7, 11) is 0. The topological polar surface area (TPSA) is 59.4 Å². The molecule has 0 bridgehead atoms. The summed E-state index contributed by atoms with van der Waals surface area (Å²) in [4.78, 5) is 15.1. The first kappa shape index (κ1) is 19.0. The van der Waals surface area contributed by atoms with Crippen LogP contribution in [-0.2, 0) is 17.9 Å². The quantitative estimate of drug-likeness (QED) is 0.747. The number of aromatic nitrogens is 2. The minimum atomic E-state index is 0.0144. The van der Waals surface area contributed by atoms with E-state index < -0.39 is 0 Å². The van der Waals surface area contributed by atoms with Gasteiger partial charge in [-0.25, -0.2) is 0 Å². The Kier molecular flexibility index (Phi) is 5.95. The van der Waals surface area contributed by atoms with Crippen LogP contribution in [0.1, 0.15) is 44.6 Å². The van der Waals surface area contributed by atoms with Gasteiger partial charge >= 0.3 is 0 Å². The molecule has 0 spiro atoms. The van der Waals surface area contributed by atoms with Gasteiger partial charge in [0.05, 0.1) is 11.9 Å². The summed E-state index contributed by atoms with van der Waals surface area (Å²) in [5, 5.41) is 7.49. The lowest BCUT2D eigenvalue weighted by atomic mass is 10.00. The summed E-state index contributed by atoms with van der Waals surface area (Å²) in [6, 6.07) is 8.65. The second-order valence-electron chi connectivity index (χ2n) is 7.76. The van der Waals surface area contributed by atoms with Crippen molar-refractivity contribution in [2.24, 2.45) is 0 Å². The molecule has 1 aromatic carbocycles. The molecule has 0 saturated carbocycles. The van der Waals surface area contributed by atoms with Crippen LogP contribution in [0.2, 0.25) is 0 Å². The molecule has 28 heavy (non-hydrogen) atoms. The molecule has 2 aliphatic rings. The number of para-hydroxylation sites is 1. The van der Waals surface area contributed by atoms with Crippen molar-refractivity contribution in [2.45, 2.75) is 58.2 Å². The molecule has 2 aromatic rings. The molecule has 0 radical (unpaired) electrons. The Morgan fingerprint density at radius 3 is 3.11 bits per heavy atom. The molecule has 1 saturated heterocycles. The van der Waals surface area contributed by atoms with E-state index >= 15 is 0 Å². The van der Waals surface area contributed by atoms with E-state index in [0.29, 0.717) is 6.61 Å². The van der Waals surface area contributed by atoms with E-state index in [9.17, 15) is 4.79 Å². The molecule has 1 aromatic heterocycles. The van der Waals surface area contributed by atoms with Crippen LogP contribution < -0.4 is 10.1 Å². The number of amides is 1. The van der Waals surface area contributed by atoms with Crippen molar-refractivity contribution in [3.63, 3.8) is 0 Å². The van der Waals surface area contributed by atoms with Gasteiger partial charge in [-0.05, 0) is 44.4 Å². The Morgan fingerprint density at radius 1 is 1.32 bits per heavy atom. The van der Waals surface area contributed by atoms with Crippen molar-refractivity contribution in [1.82, 2.24) is 20.0 Å². The fraction of sp³-hybridized carbons (Fsp3) is 0.545. The highest BCUT2D eigenvalue weighted by Gasteiger charge is 2.23. The average Bonchev–Trinajstić information content (AvgIpc) is 3.14. The number of carbonyl (C=O) groups is 1. The van der Waals surface area contributed by atoms with E-state index in [1.54, 1.807) is 10.9 Å². The van der Waals surface area contributed by atoms with E-state index in [2.05, 4.69) is 22.2 Å². The zero-order valence-electron chi connectivity index (χ0n) is 16.7. The Morgan fingerprint density at radius 2 is 2.21 bits per heavy atom. The number of benzene rings is 1. The third-order valence-corrected chi connectivity index (χ3v) is 5.90. The number of likely N-dealkylation sites (tertiary alicyclic amines) is 1. The highest BCUT2D eigenvalue weighted by atomic mass is 16.5. The van der Waals surface area contributed by atoms with Crippen molar-refractivity contribution in [2.75, 3.05) is 19.6 Å². The third kappa shape index (κ3) is 4.07. The molecule has 1 fully saturated rings. The van der Waals surface area contributed by atoms with Gasteiger partial charge in [-0.15, -0.1) is 0 Å². The molecule has 4 rings (SSSR count). The van der Waals surface area contributed by atoms with Crippen LogP contribution >= 0.6 is 0 Å². The second-order valence-corrected chi connectivity index (χ2v) is 7.76. The number of hydrogen-bond acceptors (Lipinski definition) is 4. The van der Waals surface area contributed by atoms with E-state index in [4.69, 9.17) is 4.74 Å². The summed E-state index contributed by atoms with van der Waals surface area (Å²) in [6.07, 6.45) is 8.00. The van der Waals surface area contributed by atoms with Crippen LogP contribution in [0.5, 0.6) is 5.75 Å². The normalized spacial score (nSPS) is 18.8. The number of hydrogen-bond donors (Lipinski definition) is 1. The highest BCUT2D eigenvalue weighted by molar-refractivity contribution is 5.78. The molecule has 0 unspecified atom stereocenters. The summed E-state index contributed by atoms with van der Waals surface area (Å²) >= 11 is 0. The highest BCUT2D eigenvalue weighted by Crippen LogP contribution is 2.36. The van der Waals surface area contributed by atoms with E-state index in [1.165, 1.54) is 32.2 Å². The van der Waals surface area contributed by atoms with Gasteiger partial charge in [0.15, 0.2) is 0 Å². The van der Waals surface area contributed by atoms with E-state index in [0.717, 1.165) is 48.1 Å². The molecule has 3 heterocycles. The SMILES string of the molecule is CC[C@H]1CCCCN1CCCNC(=O)Cn1ncc2c1-c1ccccc1OC2. The Balaban J connectivity index is 1.29. The van der Waals surface area contributed by atoms with Crippen molar-refractivity contribution < 1.29 is 9.53 Å². The number of nitrogens with one attached hydrogen (secondary N) is 1. The third-order valence-electron chi connectivity index (χ3n) is 5.90. The standard InChI is InChI=1S/C22H30N4O2/c1-2-18-8-5-6-12-25(18)13-7-11-23-21(27)15-26-22-17(14-24-26)16-28-20-10-4-3-9-19(20)22/h3-4,9-10,14,18H,2,5-8,11-13,15-16H2,1H3,(H,23,27)/t18-/m0/s1. The predicted octanol–water partition coefficient (Wildman–Crippen LogP) is 3.21. The van der Waals surface area contributed by atoms with Gasteiger partial charge in [-0.1, -0.05) is 25.5 Å². The molecule has 6 nitrogen and oxygen atoms in total. The van der Waals surface area contributed by atoms with Crippen molar-refractivity contribution in [3.05, 3.63) is 36.0 Å². The Bertz CT molecular complexity index is 817. The van der Waals surface area contributed by atoms with Crippen molar-refractivity contribution in [1.29, 1.82) is 0 Å². The molecular weight excluding hydrogens is 352 g/mol. The maximum Gasteiger partial charge on any atom is 0.241 e. The Hall–Kier alpha value is -2.34. The molecule has 6 heteroatoms. The van der Waals surface area contributed by atoms with Crippen molar-refractivity contribution >= 4 is 5.91 Å². The number of piperidine rings is 1. The second kappa shape index (κ2) is 8.78. The van der Waals surface area contributed by atoms with Crippen LogP contribution in [0.25, 0.3) is 11.3 Å². The first-order valence-electron chi connectivity index (χ1n) is 10.5. The zero-order chi connectivity index (χ0) is 19.3. The average molecular weight is 383 g/mol. The zero-order valence-corrected chi connectivity index (χ0v) is 16.7. The fourth-order valence-electron chi connectivity index (χ4n) is 4.42. The smallest absolute Gasteiger partial charge is 0.241 e. The number of carbonyl (C=O) groups excluding carboxylic acids is 1. The van der Waals surface area contributed by atoms with Gasteiger partial charge in [0, 0.05) is 30.3 Å². The summed E-state index contributed by atoms with van der Waals surface area (Å²) in [5.41, 5.74) is 3.03. The lowest BCUT2D eigenvalue weighted by molar-refractivity contribution is -0.121. The summed E-state index contributed by atoms with van der Waals surface area (Å²) in [6.45, 7) is 6.01. The number of rotatable bonds is 7. The van der Waals surface area contributed by atoms with Gasteiger partial charge in [-0.3, -0.25) is 9.48 Å². The van der Waals surface area contributed by atoms with Gasteiger partial charge in [0.2, 0.25) is 5.91 Å². The number of ether oxygens (including phenoxy) is 1. The lowest BCUT2D eigenvalue weighted by Gasteiger charge is -2.35. The molecule has 1 amide bonds. The maximum absolute atomic E-state index is 12.5. The van der Waals surface area contributed by atoms with Crippen LogP contribution in [0.3, 0.4) is 0 Å². The fourth-order valence-corrected chi connectivity index (χ4v) is 4.42. The van der Waals surface area contributed by atoms with E-state index in [1.807, 2.05) is 24.3 Å².